The van der Waals surface area contributed by atoms with Crippen LogP contribution in [-0.4, -0.2) is 15.6 Å². The van der Waals surface area contributed by atoms with Crippen molar-refractivity contribution < 1.29 is 19.1 Å². The summed E-state index contributed by atoms with van der Waals surface area (Å²) < 4.78 is 12.4. The molecule has 1 aromatic carbocycles. The average molecular weight is 382 g/mol. The van der Waals surface area contributed by atoms with Crippen LogP contribution in [0.3, 0.4) is 0 Å². The van der Waals surface area contributed by atoms with Gasteiger partial charge in [0.25, 0.3) is 0 Å². The maximum atomic E-state index is 12.3. The van der Waals surface area contributed by atoms with Crippen LogP contribution in [-0.2, 0) is 31.1 Å². The van der Waals surface area contributed by atoms with E-state index in [1.54, 1.807) is 12.1 Å². The lowest BCUT2D eigenvalue weighted by atomic mass is 10.1. The molecule has 2 heterocycles. The number of carbonyl (C=O) groups is 1. The van der Waals surface area contributed by atoms with Gasteiger partial charge < -0.3 is 24.1 Å². The van der Waals surface area contributed by atoms with E-state index in [4.69, 9.17) is 9.15 Å². The molecule has 0 unspecified atom stereocenters. The Labute approximate surface area is 162 Å². The Bertz CT molecular complexity index is 992. The zero-order valence-electron chi connectivity index (χ0n) is 15.6. The number of ether oxygens (including phenoxy) is 1. The third-order valence-electron chi connectivity index (χ3n) is 4.34. The van der Waals surface area contributed by atoms with Gasteiger partial charge in [-0.25, -0.2) is 0 Å². The molecule has 3 aromatic rings. The number of hydrogen-bond donors (Lipinski definition) is 2. The van der Waals surface area contributed by atoms with Gasteiger partial charge in [-0.3, -0.25) is 9.59 Å². The summed E-state index contributed by atoms with van der Waals surface area (Å²) in [6, 6.07) is 12.5. The number of amides is 1. The molecule has 0 saturated carbocycles. The maximum Gasteiger partial charge on any atom is 0.240 e. The monoisotopic (exact) mass is 382 g/mol. The predicted molar refractivity (Wildman–Crippen MR) is 103 cm³/mol. The van der Waals surface area contributed by atoms with E-state index in [0.717, 1.165) is 11.1 Å². The minimum atomic E-state index is -0.362. The molecule has 0 aliphatic heterocycles. The number of nitrogens with one attached hydrogen (secondary N) is 1. The van der Waals surface area contributed by atoms with Crippen molar-refractivity contribution in [2.75, 3.05) is 0 Å². The van der Waals surface area contributed by atoms with Gasteiger partial charge in [-0.2, -0.15) is 0 Å². The summed E-state index contributed by atoms with van der Waals surface area (Å²) in [7, 11) is 0. The fourth-order valence-corrected chi connectivity index (χ4v) is 2.72. The molecular formula is C21H22N2O5. The summed E-state index contributed by atoms with van der Waals surface area (Å²) in [4.78, 5) is 24.5. The van der Waals surface area contributed by atoms with Crippen LogP contribution in [0.2, 0.25) is 0 Å². The van der Waals surface area contributed by atoms with Crippen LogP contribution in [0.5, 0.6) is 5.75 Å². The van der Waals surface area contributed by atoms with Gasteiger partial charge in [0.2, 0.25) is 11.3 Å². The number of rotatable bonds is 8. The lowest BCUT2D eigenvalue weighted by molar-refractivity contribution is -0.122. The summed E-state index contributed by atoms with van der Waals surface area (Å²) in [5.74, 6) is 0.483. The van der Waals surface area contributed by atoms with E-state index in [-0.39, 0.29) is 43.4 Å². The SMILES string of the molecule is Cc1ccccc1COc1cn(CC(=O)NCc2ccco2)c(CO)cc1=O. The van der Waals surface area contributed by atoms with Crippen molar-refractivity contribution in [1.29, 1.82) is 0 Å². The first-order chi connectivity index (χ1) is 13.6. The van der Waals surface area contributed by atoms with Gasteiger partial charge in [-0.1, -0.05) is 24.3 Å². The fourth-order valence-electron chi connectivity index (χ4n) is 2.72. The Hall–Kier alpha value is -3.32. The number of pyridine rings is 1. The van der Waals surface area contributed by atoms with Crippen LogP contribution in [0.15, 0.2) is 64.1 Å². The van der Waals surface area contributed by atoms with Crippen molar-refractivity contribution in [2.24, 2.45) is 0 Å². The van der Waals surface area contributed by atoms with E-state index in [0.29, 0.717) is 11.5 Å². The Balaban J connectivity index is 1.71. The van der Waals surface area contributed by atoms with E-state index in [9.17, 15) is 14.7 Å². The van der Waals surface area contributed by atoms with Crippen molar-refractivity contribution in [3.8, 4) is 5.75 Å². The molecule has 0 aliphatic rings. The highest BCUT2D eigenvalue weighted by atomic mass is 16.5. The summed E-state index contributed by atoms with van der Waals surface area (Å²) >= 11 is 0. The largest absolute Gasteiger partial charge is 0.483 e. The summed E-state index contributed by atoms with van der Waals surface area (Å²) in [5.41, 5.74) is 2.02. The Kier molecular flexibility index (Phi) is 6.29. The molecule has 0 saturated heterocycles. The van der Waals surface area contributed by atoms with E-state index < -0.39 is 0 Å². The van der Waals surface area contributed by atoms with Crippen molar-refractivity contribution >= 4 is 5.91 Å². The van der Waals surface area contributed by atoms with Gasteiger partial charge in [0.1, 0.15) is 18.9 Å². The number of benzene rings is 1. The minimum Gasteiger partial charge on any atom is -0.483 e. The topological polar surface area (TPSA) is 93.7 Å². The Morgan fingerprint density at radius 3 is 2.79 bits per heavy atom. The Morgan fingerprint density at radius 2 is 2.07 bits per heavy atom. The van der Waals surface area contributed by atoms with Crippen molar-refractivity contribution in [2.45, 2.75) is 33.2 Å². The number of aliphatic hydroxyl groups excluding tert-OH is 1. The molecule has 2 N–H and O–H groups in total. The molecular weight excluding hydrogens is 360 g/mol. The van der Waals surface area contributed by atoms with E-state index >= 15 is 0 Å². The van der Waals surface area contributed by atoms with Crippen LogP contribution in [0.1, 0.15) is 22.6 Å². The molecule has 2 aromatic heterocycles. The first-order valence-corrected chi connectivity index (χ1v) is 8.87. The van der Waals surface area contributed by atoms with Crippen molar-refractivity contribution in [3.05, 3.63) is 87.7 Å². The average Bonchev–Trinajstić information content (AvgIpc) is 3.21. The normalized spacial score (nSPS) is 10.6. The molecule has 1 amide bonds. The highest BCUT2D eigenvalue weighted by Gasteiger charge is 2.11. The Morgan fingerprint density at radius 1 is 1.25 bits per heavy atom. The number of hydrogen-bond acceptors (Lipinski definition) is 5. The number of aryl methyl sites for hydroxylation is 1. The molecule has 7 heteroatoms. The van der Waals surface area contributed by atoms with Crippen LogP contribution < -0.4 is 15.5 Å². The van der Waals surface area contributed by atoms with Crippen LogP contribution in [0, 0.1) is 6.92 Å². The summed E-state index contributed by atoms with van der Waals surface area (Å²) in [6.45, 7) is 2.05. The van der Waals surface area contributed by atoms with E-state index in [1.807, 2.05) is 31.2 Å². The second-order valence-corrected chi connectivity index (χ2v) is 6.35. The quantitative estimate of drug-likeness (QED) is 0.623. The smallest absolute Gasteiger partial charge is 0.240 e. The lowest BCUT2D eigenvalue weighted by Gasteiger charge is -2.14. The van der Waals surface area contributed by atoms with Crippen LogP contribution in [0.4, 0.5) is 0 Å². The first kappa shape index (κ1) is 19.4. The van der Waals surface area contributed by atoms with Crippen LogP contribution in [0.25, 0.3) is 0 Å². The highest BCUT2D eigenvalue weighted by Crippen LogP contribution is 2.13. The predicted octanol–water partition coefficient (Wildman–Crippen LogP) is 2.14. The number of nitrogens with zero attached hydrogens (tertiary/aromatic N) is 1. The summed E-state index contributed by atoms with van der Waals surface area (Å²) in [5, 5.41) is 12.3. The number of aromatic nitrogens is 1. The van der Waals surface area contributed by atoms with Gasteiger partial charge in [0.15, 0.2) is 5.75 Å². The minimum absolute atomic E-state index is 0.0579. The maximum absolute atomic E-state index is 12.3. The van der Waals surface area contributed by atoms with Gasteiger partial charge in [-0.05, 0) is 30.2 Å². The van der Waals surface area contributed by atoms with Crippen molar-refractivity contribution in [1.82, 2.24) is 9.88 Å². The third kappa shape index (κ3) is 4.89. The molecule has 3 rings (SSSR count). The molecule has 0 bridgehead atoms. The molecule has 7 nitrogen and oxygen atoms in total. The fraction of sp³-hybridized carbons (Fsp3) is 0.238. The number of furan rings is 1. The lowest BCUT2D eigenvalue weighted by Crippen LogP contribution is -2.28. The van der Waals surface area contributed by atoms with Gasteiger partial charge in [0, 0.05) is 11.8 Å². The number of carbonyl (C=O) groups excluding carboxylic acids is 1. The zero-order valence-corrected chi connectivity index (χ0v) is 15.6. The third-order valence-corrected chi connectivity index (χ3v) is 4.34. The highest BCUT2D eigenvalue weighted by molar-refractivity contribution is 5.75. The van der Waals surface area contributed by atoms with E-state index in [1.165, 1.54) is 23.1 Å². The molecule has 0 aliphatic carbocycles. The second-order valence-electron chi connectivity index (χ2n) is 6.35. The standard InChI is InChI=1S/C21H22N2O5/c1-15-5-2-3-6-16(15)14-28-20-11-23(17(13-24)9-19(20)25)12-21(26)22-10-18-7-4-8-27-18/h2-9,11,24H,10,12-14H2,1H3,(H,22,26). The second kappa shape index (κ2) is 9.05. The van der Waals surface area contributed by atoms with Gasteiger partial charge in [-0.15, -0.1) is 0 Å². The molecule has 0 radical (unpaired) electrons. The van der Waals surface area contributed by atoms with Gasteiger partial charge in [0.05, 0.1) is 25.6 Å². The van der Waals surface area contributed by atoms with Crippen molar-refractivity contribution in [3.63, 3.8) is 0 Å². The summed E-state index contributed by atoms with van der Waals surface area (Å²) in [6.07, 6.45) is 2.99. The molecule has 0 fully saturated rings. The zero-order chi connectivity index (χ0) is 19.9. The first-order valence-electron chi connectivity index (χ1n) is 8.87. The molecule has 146 valence electrons. The molecule has 0 atom stereocenters. The number of aliphatic hydroxyl groups is 1. The van der Waals surface area contributed by atoms with Gasteiger partial charge >= 0.3 is 0 Å². The molecule has 0 spiro atoms. The van der Waals surface area contributed by atoms with Crippen LogP contribution >= 0.6 is 0 Å². The molecule has 28 heavy (non-hydrogen) atoms. The van der Waals surface area contributed by atoms with E-state index in [2.05, 4.69) is 5.32 Å².